The molecule has 3 heterocycles. The summed E-state index contributed by atoms with van der Waals surface area (Å²) in [4.78, 5) is 17.1. The van der Waals surface area contributed by atoms with Crippen LogP contribution in [0.2, 0.25) is 0 Å². The smallest absolute Gasteiger partial charge is 0.287 e. The van der Waals surface area contributed by atoms with Gasteiger partial charge < -0.3 is 4.98 Å². The maximum Gasteiger partial charge on any atom is 0.287 e. The van der Waals surface area contributed by atoms with Crippen molar-refractivity contribution < 1.29 is 4.92 Å². The number of rotatable bonds is 2. The molecule has 0 fully saturated rings. The van der Waals surface area contributed by atoms with E-state index in [2.05, 4.69) is 20.2 Å². The Morgan fingerprint density at radius 3 is 3.06 bits per heavy atom. The fourth-order valence-corrected chi connectivity index (χ4v) is 1.69. The largest absolute Gasteiger partial charge is 0.354 e. The second kappa shape index (κ2) is 3.41. The second-order valence-corrected chi connectivity index (χ2v) is 3.50. The molecule has 0 unspecified atom stereocenters. The van der Waals surface area contributed by atoms with E-state index in [4.69, 9.17) is 0 Å². The maximum atomic E-state index is 10.6. The third kappa shape index (κ3) is 1.44. The number of hydrogen-bond donors (Lipinski definition) is 2. The Labute approximate surface area is 94.6 Å². The maximum absolute atomic E-state index is 10.6. The van der Waals surface area contributed by atoms with Gasteiger partial charge in [-0.3, -0.25) is 15.2 Å². The van der Waals surface area contributed by atoms with Crippen LogP contribution in [0.15, 0.2) is 30.6 Å². The number of aromatic amines is 2. The number of H-pyrrole nitrogens is 2. The summed E-state index contributed by atoms with van der Waals surface area (Å²) in [6, 6.07) is 5.10. The lowest BCUT2D eigenvalue weighted by atomic mass is 10.2. The molecule has 0 atom stereocenters. The number of nitrogens with zero attached hydrogens (tertiary/aromatic N) is 3. The van der Waals surface area contributed by atoms with Crippen LogP contribution in [0.5, 0.6) is 0 Å². The highest BCUT2D eigenvalue weighted by atomic mass is 16.6. The van der Waals surface area contributed by atoms with Crippen molar-refractivity contribution in [1.29, 1.82) is 0 Å². The van der Waals surface area contributed by atoms with E-state index in [9.17, 15) is 10.1 Å². The van der Waals surface area contributed by atoms with Crippen molar-refractivity contribution in [3.05, 3.63) is 40.7 Å². The first-order chi connectivity index (χ1) is 8.25. The molecule has 0 saturated carbocycles. The van der Waals surface area contributed by atoms with E-state index in [1.807, 2.05) is 6.07 Å². The molecule has 17 heavy (non-hydrogen) atoms. The van der Waals surface area contributed by atoms with Crippen LogP contribution in [0.3, 0.4) is 0 Å². The molecule has 0 amide bonds. The SMILES string of the molecule is O=[N+]([O-])c1c[nH]c(-c2[nH]nc3ncccc23)c1. The molecule has 7 nitrogen and oxygen atoms in total. The Balaban J connectivity index is 2.17. The van der Waals surface area contributed by atoms with Gasteiger partial charge in [-0.05, 0) is 12.1 Å². The third-order valence-electron chi connectivity index (χ3n) is 2.48. The van der Waals surface area contributed by atoms with E-state index in [1.165, 1.54) is 12.3 Å². The summed E-state index contributed by atoms with van der Waals surface area (Å²) in [5.74, 6) is 0. The van der Waals surface area contributed by atoms with Crippen molar-refractivity contribution >= 4 is 16.7 Å². The minimum Gasteiger partial charge on any atom is -0.354 e. The summed E-state index contributed by atoms with van der Waals surface area (Å²) in [6.07, 6.45) is 2.99. The zero-order chi connectivity index (χ0) is 11.8. The highest BCUT2D eigenvalue weighted by Crippen LogP contribution is 2.26. The van der Waals surface area contributed by atoms with E-state index < -0.39 is 4.92 Å². The topological polar surface area (TPSA) is 100 Å². The Hall–Kier alpha value is -2.70. The molecule has 0 saturated heterocycles. The molecule has 0 aromatic carbocycles. The van der Waals surface area contributed by atoms with Gasteiger partial charge in [0.25, 0.3) is 5.69 Å². The zero-order valence-electron chi connectivity index (χ0n) is 8.54. The molecule has 84 valence electrons. The van der Waals surface area contributed by atoms with E-state index in [0.29, 0.717) is 17.0 Å². The van der Waals surface area contributed by atoms with Gasteiger partial charge in [0.15, 0.2) is 5.65 Å². The number of nitro groups is 1. The van der Waals surface area contributed by atoms with Gasteiger partial charge in [-0.1, -0.05) is 0 Å². The summed E-state index contributed by atoms with van der Waals surface area (Å²) in [5, 5.41) is 18.3. The van der Waals surface area contributed by atoms with Crippen LogP contribution in [-0.4, -0.2) is 25.1 Å². The Bertz CT molecular complexity index is 699. The van der Waals surface area contributed by atoms with Gasteiger partial charge in [-0.15, -0.1) is 0 Å². The van der Waals surface area contributed by atoms with Crippen molar-refractivity contribution in [3.63, 3.8) is 0 Å². The van der Waals surface area contributed by atoms with E-state index in [1.54, 1.807) is 12.3 Å². The summed E-state index contributed by atoms with van der Waals surface area (Å²) in [7, 11) is 0. The summed E-state index contributed by atoms with van der Waals surface area (Å²) < 4.78 is 0. The standard InChI is InChI=1S/C10H7N5O2/c16-15(17)6-4-8(12-5-6)9-7-2-1-3-11-10(7)14-13-9/h1-5,12H,(H,11,13,14). The molecule has 0 spiro atoms. The third-order valence-corrected chi connectivity index (χ3v) is 2.48. The predicted molar refractivity (Wildman–Crippen MR) is 60.3 cm³/mol. The van der Waals surface area contributed by atoms with Gasteiger partial charge in [0.1, 0.15) is 0 Å². The zero-order valence-corrected chi connectivity index (χ0v) is 8.54. The van der Waals surface area contributed by atoms with Crippen LogP contribution in [0.1, 0.15) is 0 Å². The number of hydrogen-bond acceptors (Lipinski definition) is 4. The van der Waals surface area contributed by atoms with E-state index >= 15 is 0 Å². The number of fused-ring (bicyclic) bond motifs is 1. The van der Waals surface area contributed by atoms with Gasteiger partial charge in [-0.25, -0.2) is 4.98 Å². The van der Waals surface area contributed by atoms with Crippen molar-refractivity contribution in [2.75, 3.05) is 0 Å². The minimum atomic E-state index is -0.448. The molecule has 0 aliphatic rings. The molecular formula is C10H7N5O2. The molecule has 0 bridgehead atoms. The van der Waals surface area contributed by atoms with Crippen LogP contribution >= 0.6 is 0 Å². The fourth-order valence-electron chi connectivity index (χ4n) is 1.69. The minimum absolute atomic E-state index is 0.0200. The van der Waals surface area contributed by atoms with E-state index in [0.717, 1.165) is 5.39 Å². The highest BCUT2D eigenvalue weighted by molar-refractivity contribution is 5.89. The molecule has 2 N–H and O–H groups in total. The van der Waals surface area contributed by atoms with E-state index in [-0.39, 0.29) is 5.69 Å². The van der Waals surface area contributed by atoms with Crippen molar-refractivity contribution in [2.45, 2.75) is 0 Å². The molecule has 3 rings (SSSR count). The second-order valence-electron chi connectivity index (χ2n) is 3.50. The van der Waals surface area contributed by atoms with Crippen LogP contribution in [0.4, 0.5) is 5.69 Å². The fraction of sp³-hybridized carbons (Fsp3) is 0. The molecule has 0 aliphatic heterocycles. The first-order valence-electron chi connectivity index (χ1n) is 4.88. The highest BCUT2D eigenvalue weighted by Gasteiger charge is 2.14. The molecule has 0 radical (unpaired) electrons. The van der Waals surface area contributed by atoms with Crippen LogP contribution < -0.4 is 0 Å². The molecule has 3 aromatic rings. The van der Waals surface area contributed by atoms with Crippen molar-refractivity contribution in [2.24, 2.45) is 0 Å². The molecular weight excluding hydrogens is 222 g/mol. The lowest BCUT2D eigenvalue weighted by Gasteiger charge is -1.92. The summed E-state index contributed by atoms with van der Waals surface area (Å²) in [6.45, 7) is 0. The number of pyridine rings is 1. The van der Waals surface area contributed by atoms with Gasteiger partial charge >= 0.3 is 0 Å². The van der Waals surface area contributed by atoms with Gasteiger partial charge in [0.2, 0.25) is 0 Å². The monoisotopic (exact) mass is 229 g/mol. The Morgan fingerprint density at radius 2 is 2.29 bits per heavy atom. The predicted octanol–water partition coefficient (Wildman–Crippen LogP) is 1.86. The average molecular weight is 229 g/mol. The van der Waals surface area contributed by atoms with Gasteiger partial charge in [0, 0.05) is 17.6 Å². The summed E-state index contributed by atoms with van der Waals surface area (Å²) in [5.41, 5.74) is 1.92. The molecule has 0 aliphatic carbocycles. The normalized spacial score (nSPS) is 10.8. The first kappa shape index (κ1) is 9.52. The lowest BCUT2D eigenvalue weighted by Crippen LogP contribution is -1.82. The average Bonchev–Trinajstić information content (AvgIpc) is 2.95. The van der Waals surface area contributed by atoms with Crippen LogP contribution in [-0.2, 0) is 0 Å². The number of aromatic nitrogens is 4. The first-order valence-corrected chi connectivity index (χ1v) is 4.88. The molecule has 7 heteroatoms. The Kier molecular flexibility index (Phi) is 1.91. The van der Waals surface area contributed by atoms with Gasteiger partial charge in [-0.2, -0.15) is 5.10 Å². The van der Waals surface area contributed by atoms with Crippen LogP contribution in [0, 0.1) is 10.1 Å². The lowest BCUT2D eigenvalue weighted by molar-refractivity contribution is -0.384. The van der Waals surface area contributed by atoms with Crippen molar-refractivity contribution in [1.82, 2.24) is 20.2 Å². The van der Waals surface area contributed by atoms with Crippen LogP contribution in [0.25, 0.3) is 22.4 Å². The van der Waals surface area contributed by atoms with Crippen molar-refractivity contribution in [3.8, 4) is 11.4 Å². The number of nitrogens with one attached hydrogen (secondary N) is 2. The Morgan fingerprint density at radius 1 is 1.41 bits per heavy atom. The summed E-state index contributed by atoms with van der Waals surface area (Å²) >= 11 is 0. The quantitative estimate of drug-likeness (QED) is 0.517. The molecule has 3 aromatic heterocycles. The van der Waals surface area contributed by atoms with Gasteiger partial charge in [0.05, 0.1) is 22.5 Å².